The molecule has 4 heteroatoms. The molecule has 1 N–H and O–H groups in total. The molecule has 0 fully saturated rings. The van der Waals surface area contributed by atoms with Gasteiger partial charge in [-0.15, -0.1) is 0 Å². The number of thiol groups is 1. The van der Waals surface area contributed by atoms with Crippen molar-refractivity contribution in [3.05, 3.63) is 0 Å². The first kappa shape index (κ1) is 10.8. The number of rotatable bonds is 5. The molecule has 66 valence electrons. The Balaban J connectivity index is 3.36. The molecular weight excluding hydrogens is 160 g/mol. The van der Waals surface area contributed by atoms with Crippen molar-refractivity contribution in [1.29, 1.82) is 0 Å². The molecule has 0 aliphatic carbocycles. The molecule has 0 rings (SSSR count). The van der Waals surface area contributed by atoms with Crippen LogP contribution in [0.15, 0.2) is 0 Å². The second-order valence-electron chi connectivity index (χ2n) is 2.43. The van der Waals surface area contributed by atoms with E-state index in [-0.39, 0.29) is 5.91 Å². The van der Waals surface area contributed by atoms with Gasteiger partial charge in [0.2, 0.25) is 5.91 Å². The van der Waals surface area contributed by atoms with Crippen LogP contribution in [0.3, 0.4) is 0 Å². The smallest absolute Gasteiger partial charge is 0.232 e. The van der Waals surface area contributed by atoms with Gasteiger partial charge in [0.15, 0.2) is 0 Å². The van der Waals surface area contributed by atoms with Crippen LogP contribution in [0.25, 0.3) is 0 Å². The predicted octanol–water partition coefficient (Wildman–Crippen LogP) is -0.0159. The zero-order valence-electron chi connectivity index (χ0n) is 7.13. The molecule has 0 bridgehead atoms. The van der Waals surface area contributed by atoms with Crippen molar-refractivity contribution in [3.63, 3.8) is 0 Å². The molecule has 1 amide bonds. The molecule has 0 saturated heterocycles. The average Bonchev–Trinajstić information content (AvgIpc) is 2.03. The Morgan fingerprint density at radius 2 is 2.27 bits per heavy atom. The molecular formula is C7H16N2OS. The average molecular weight is 176 g/mol. The van der Waals surface area contributed by atoms with Gasteiger partial charge in [-0.25, -0.2) is 0 Å². The molecule has 3 nitrogen and oxygen atoms in total. The number of carbonyl (C=O) groups is 1. The molecule has 0 spiro atoms. The minimum absolute atomic E-state index is 0.0874. The summed E-state index contributed by atoms with van der Waals surface area (Å²) in [4.78, 5) is 12.6. The maximum atomic E-state index is 10.9. The zero-order valence-corrected chi connectivity index (χ0v) is 8.03. The van der Waals surface area contributed by atoms with Crippen LogP contribution in [0.2, 0.25) is 0 Å². The first-order valence-corrected chi connectivity index (χ1v) is 4.35. The van der Waals surface area contributed by atoms with Gasteiger partial charge in [0.05, 0.1) is 5.75 Å². The minimum atomic E-state index is 0.0874. The van der Waals surface area contributed by atoms with Crippen molar-refractivity contribution in [3.8, 4) is 0 Å². The van der Waals surface area contributed by atoms with Gasteiger partial charge < -0.3 is 10.2 Å². The van der Waals surface area contributed by atoms with Gasteiger partial charge in [-0.2, -0.15) is 12.6 Å². The normalized spacial score (nSPS) is 9.73. The summed E-state index contributed by atoms with van der Waals surface area (Å²) in [5.74, 6) is 0.389. The summed E-state index contributed by atoms with van der Waals surface area (Å²) in [5, 5.41) is 3.02. The van der Waals surface area contributed by atoms with E-state index in [1.54, 1.807) is 11.9 Å². The SMILES string of the molecule is CNCCCN(C)C(=O)CS. The van der Waals surface area contributed by atoms with Gasteiger partial charge in [0, 0.05) is 13.6 Å². The summed E-state index contributed by atoms with van der Waals surface area (Å²) < 4.78 is 0. The molecule has 0 unspecified atom stereocenters. The van der Waals surface area contributed by atoms with Crippen LogP contribution < -0.4 is 5.32 Å². The van der Waals surface area contributed by atoms with E-state index in [2.05, 4.69) is 17.9 Å². The summed E-state index contributed by atoms with van der Waals surface area (Å²) in [6, 6.07) is 0. The second-order valence-corrected chi connectivity index (χ2v) is 2.75. The number of nitrogens with zero attached hydrogens (tertiary/aromatic N) is 1. The lowest BCUT2D eigenvalue weighted by Crippen LogP contribution is -2.30. The Morgan fingerprint density at radius 1 is 1.64 bits per heavy atom. The van der Waals surface area contributed by atoms with Crippen LogP contribution in [0, 0.1) is 0 Å². The Labute approximate surface area is 73.6 Å². The Morgan fingerprint density at radius 3 is 2.73 bits per heavy atom. The van der Waals surface area contributed by atoms with Crippen LogP contribution in [0.4, 0.5) is 0 Å². The lowest BCUT2D eigenvalue weighted by molar-refractivity contribution is -0.127. The van der Waals surface area contributed by atoms with E-state index >= 15 is 0 Å². The van der Waals surface area contributed by atoms with Crippen molar-refractivity contribution < 1.29 is 4.79 Å². The van der Waals surface area contributed by atoms with E-state index in [4.69, 9.17) is 0 Å². The summed E-state index contributed by atoms with van der Waals surface area (Å²) in [6.07, 6.45) is 0.993. The van der Waals surface area contributed by atoms with Crippen LogP contribution in [-0.2, 0) is 4.79 Å². The molecule has 0 saturated carbocycles. The topological polar surface area (TPSA) is 32.3 Å². The molecule has 0 aromatic rings. The van der Waals surface area contributed by atoms with E-state index < -0.39 is 0 Å². The standard InChI is InChI=1S/C7H16N2OS/c1-8-4-3-5-9(2)7(10)6-11/h8,11H,3-6H2,1-2H3. The molecule has 0 heterocycles. The third kappa shape index (κ3) is 5.09. The van der Waals surface area contributed by atoms with Gasteiger partial charge >= 0.3 is 0 Å². The van der Waals surface area contributed by atoms with E-state index in [0.29, 0.717) is 5.75 Å². The molecule has 0 aliphatic heterocycles. The summed E-state index contributed by atoms with van der Waals surface area (Å²) in [7, 11) is 3.70. The van der Waals surface area contributed by atoms with Crippen molar-refractivity contribution >= 4 is 18.5 Å². The highest BCUT2D eigenvalue weighted by Gasteiger charge is 2.03. The van der Waals surface area contributed by atoms with Crippen molar-refractivity contribution in [2.45, 2.75) is 6.42 Å². The Hall–Kier alpha value is -0.220. The maximum Gasteiger partial charge on any atom is 0.232 e. The number of amides is 1. The minimum Gasteiger partial charge on any atom is -0.345 e. The fraction of sp³-hybridized carbons (Fsp3) is 0.857. The first-order chi connectivity index (χ1) is 5.22. The third-order valence-electron chi connectivity index (χ3n) is 1.48. The lowest BCUT2D eigenvalue weighted by atomic mass is 10.4. The van der Waals surface area contributed by atoms with E-state index in [1.165, 1.54) is 0 Å². The van der Waals surface area contributed by atoms with Crippen LogP contribution in [0.5, 0.6) is 0 Å². The highest BCUT2D eigenvalue weighted by atomic mass is 32.1. The van der Waals surface area contributed by atoms with Gasteiger partial charge in [0.25, 0.3) is 0 Å². The number of hydrogen-bond acceptors (Lipinski definition) is 3. The van der Waals surface area contributed by atoms with Crippen molar-refractivity contribution in [2.24, 2.45) is 0 Å². The Kier molecular flexibility index (Phi) is 6.36. The van der Waals surface area contributed by atoms with Gasteiger partial charge in [-0.1, -0.05) is 0 Å². The largest absolute Gasteiger partial charge is 0.345 e. The van der Waals surface area contributed by atoms with E-state index in [9.17, 15) is 4.79 Å². The van der Waals surface area contributed by atoms with E-state index in [0.717, 1.165) is 19.5 Å². The van der Waals surface area contributed by atoms with Crippen molar-refractivity contribution in [2.75, 3.05) is 32.9 Å². The van der Waals surface area contributed by atoms with Crippen molar-refractivity contribution in [1.82, 2.24) is 10.2 Å². The first-order valence-electron chi connectivity index (χ1n) is 3.71. The quantitative estimate of drug-likeness (QED) is 0.456. The Bertz CT molecular complexity index is 119. The number of nitrogens with one attached hydrogen (secondary N) is 1. The summed E-state index contributed by atoms with van der Waals surface area (Å²) >= 11 is 3.89. The highest BCUT2D eigenvalue weighted by Crippen LogP contribution is 1.89. The predicted molar refractivity (Wildman–Crippen MR) is 50.0 cm³/mol. The fourth-order valence-corrected chi connectivity index (χ4v) is 0.980. The molecule has 0 aromatic carbocycles. The van der Waals surface area contributed by atoms with Crippen LogP contribution >= 0.6 is 12.6 Å². The van der Waals surface area contributed by atoms with E-state index in [1.807, 2.05) is 7.05 Å². The molecule has 0 aromatic heterocycles. The molecule has 11 heavy (non-hydrogen) atoms. The zero-order chi connectivity index (χ0) is 8.69. The molecule has 0 aliphatic rings. The maximum absolute atomic E-state index is 10.9. The highest BCUT2D eigenvalue weighted by molar-refractivity contribution is 7.81. The fourth-order valence-electron chi connectivity index (χ4n) is 0.738. The second kappa shape index (κ2) is 6.49. The lowest BCUT2D eigenvalue weighted by Gasteiger charge is -2.15. The van der Waals surface area contributed by atoms with Gasteiger partial charge in [0.1, 0.15) is 0 Å². The molecule has 0 radical (unpaired) electrons. The number of carbonyl (C=O) groups excluding carboxylic acids is 1. The van der Waals surface area contributed by atoms with Gasteiger partial charge in [-0.3, -0.25) is 4.79 Å². The molecule has 0 atom stereocenters. The summed E-state index contributed by atoms with van der Waals surface area (Å²) in [6.45, 7) is 1.75. The van der Waals surface area contributed by atoms with Gasteiger partial charge in [-0.05, 0) is 20.0 Å². The monoisotopic (exact) mass is 176 g/mol. The van der Waals surface area contributed by atoms with Crippen LogP contribution in [-0.4, -0.2) is 43.7 Å². The van der Waals surface area contributed by atoms with Crippen LogP contribution in [0.1, 0.15) is 6.42 Å². The third-order valence-corrected chi connectivity index (χ3v) is 1.75. The number of hydrogen-bond donors (Lipinski definition) is 2. The summed E-state index contributed by atoms with van der Waals surface area (Å²) in [5.41, 5.74) is 0.